The van der Waals surface area contributed by atoms with Crippen molar-refractivity contribution in [2.45, 2.75) is 61.4 Å². The quantitative estimate of drug-likeness (QED) is 0.0956. The molecule has 0 aliphatic carbocycles. The Hall–Kier alpha value is -3.75. The van der Waals surface area contributed by atoms with Crippen molar-refractivity contribution in [3.05, 3.63) is 30.3 Å². The Morgan fingerprint density at radius 1 is 0.614 bits per heavy atom. The fourth-order valence-electron chi connectivity index (χ4n) is 4.87. The van der Waals surface area contributed by atoms with E-state index in [0.717, 1.165) is 24.3 Å². The van der Waals surface area contributed by atoms with Crippen LogP contribution in [0.4, 0.5) is 0 Å². The monoisotopic (exact) mass is 627 g/mol. The van der Waals surface area contributed by atoms with E-state index in [2.05, 4.69) is 0 Å². The molecule has 240 valence electrons. The second-order valence-electron chi connectivity index (χ2n) is 10.3. The van der Waals surface area contributed by atoms with Crippen LogP contribution in [0, 0.1) is 0 Å². The third kappa shape index (κ3) is 5.73. The number of rotatable bonds is 7. The van der Waals surface area contributed by atoms with E-state index >= 15 is 0 Å². The molecule has 2 aromatic carbocycles. The summed E-state index contributed by atoms with van der Waals surface area (Å²) in [6, 6.07) is 5.35. The topological polar surface area (TPSA) is 291 Å². The zero-order valence-electron chi connectivity index (χ0n) is 22.5. The van der Waals surface area contributed by atoms with Crippen molar-refractivity contribution in [1.29, 1.82) is 0 Å². The SMILES string of the molecule is OC[C@@H]1O[C@@H](Oc2cc3c(O[C@@H]4O[C@H](CO)[C@@H](O)[C@H](O)[C@H]4O)cc(O)cc3[o+]c2-c2cc(O)c(O)c(O)c2)[C@@H](O)[C@H](O)[C@@H]1O. The van der Waals surface area contributed by atoms with Gasteiger partial charge < -0.3 is 80.2 Å². The molecular weight excluding hydrogens is 596 g/mol. The highest BCUT2D eigenvalue weighted by molar-refractivity contribution is 5.89. The van der Waals surface area contributed by atoms with Gasteiger partial charge in [0.2, 0.25) is 18.3 Å². The molecule has 0 radical (unpaired) electrons. The van der Waals surface area contributed by atoms with Crippen LogP contribution in [0.2, 0.25) is 0 Å². The lowest BCUT2D eigenvalue weighted by Gasteiger charge is -2.39. The summed E-state index contributed by atoms with van der Waals surface area (Å²) < 4.78 is 28.2. The zero-order chi connectivity index (χ0) is 32.0. The number of phenolic OH excluding ortho intramolecular Hbond substituents is 4. The van der Waals surface area contributed by atoms with Crippen molar-refractivity contribution in [3.8, 4) is 45.8 Å². The smallest absolute Gasteiger partial charge is 0.402 e. The Balaban J connectivity index is 1.63. The Bertz CT molecular complexity index is 1470. The van der Waals surface area contributed by atoms with Gasteiger partial charge in [-0.3, -0.25) is 0 Å². The molecule has 5 rings (SSSR count). The number of hydrogen-bond acceptors (Lipinski definition) is 16. The predicted octanol–water partition coefficient (Wildman–Crippen LogP) is -2.44. The minimum atomic E-state index is -1.87. The maximum atomic E-state index is 10.6. The fourth-order valence-corrected chi connectivity index (χ4v) is 4.87. The molecule has 17 nitrogen and oxygen atoms in total. The van der Waals surface area contributed by atoms with Crippen LogP contribution in [0.5, 0.6) is 34.5 Å². The van der Waals surface area contributed by atoms with Crippen molar-refractivity contribution >= 4 is 11.0 Å². The summed E-state index contributed by atoms with van der Waals surface area (Å²) in [6.45, 7) is -1.51. The third-order valence-electron chi connectivity index (χ3n) is 7.32. The average molecular weight is 628 g/mol. The maximum Gasteiger partial charge on any atom is 0.402 e. The summed E-state index contributed by atoms with van der Waals surface area (Å²) >= 11 is 0. The van der Waals surface area contributed by atoms with Gasteiger partial charge in [-0.25, -0.2) is 4.42 Å². The number of aromatic hydroxyl groups is 4. The van der Waals surface area contributed by atoms with Gasteiger partial charge in [0, 0.05) is 24.3 Å². The van der Waals surface area contributed by atoms with E-state index in [4.69, 9.17) is 23.4 Å². The average Bonchev–Trinajstić information content (AvgIpc) is 2.99. The molecule has 0 bridgehead atoms. The second kappa shape index (κ2) is 12.3. The molecule has 3 aromatic rings. The lowest BCUT2D eigenvalue weighted by Crippen LogP contribution is -2.60. The highest BCUT2D eigenvalue weighted by Crippen LogP contribution is 2.45. The molecule has 0 unspecified atom stereocenters. The molecule has 2 saturated heterocycles. The molecule has 2 aliphatic heterocycles. The number of aliphatic hydroxyl groups excluding tert-OH is 8. The molecule has 2 aliphatic rings. The van der Waals surface area contributed by atoms with Gasteiger partial charge in [-0.1, -0.05) is 0 Å². The summed E-state index contributed by atoms with van der Waals surface area (Å²) in [7, 11) is 0. The highest BCUT2D eigenvalue weighted by Gasteiger charge is 2.47. The van der Waals surface area contributed by atoms with Gasteiger partial charge in [0.05, 0.1) is 24.8 Å². The number of benzene rings is 2. The van der Waals surface area contributed by atoms with Crippen molar-refractivity contribution in [2.75, 3.05) is 13.2 Å². The molecule has 0 saturated carbocycles. The van der Waals surface area contributed by atoms with E-state index in [0.29, 0.717) is 0 Å². The Morgan fingerprint density at radius 2 is 1.11 bits per heavy atom. The van der Waals surface area contributed by atoms with Crippen LogP contribution in [-0.4, -0.2) is 136 Å². The van der Waals surface area contributed by atoms with Crippen LogP contribution in [0.3, 0.4) is 0 Å². The molecule has 3 heterocycles. The van der Waals surface area contributed by atoms with Crippen molar-refractivity contribution in [1.82, 2.24) is 0 Å². The normalized spacial score (nSPS) is 32.5. The molecule has 10 atom stereocenters. The number of ether oxygens (including phenoxy) is 4. The third-order valence-corrected chi connectivity index (χ3v) is 7.32. The van der Waals surface area contributed by atoms with Gasteiger partial charge in [-0.05, 0) is 0 Å². The molecule has 2 fully saturated rings. The van der Waals surface area contributed by atoms with Gasteiger partial charge in [0.25, 0.3) is 0 Å². The minimum absolute atomic E-state index is 0.0182. The first-order valence-electron chi connectivity index (χ1n) is 13.2. The Kier molecular flexibility index (Phi) is 8.87. The van der Waals surface area contributed by atoms with Gasteiger partial charge >= 0.3 is 11.3 Å². The predicted molar refractivity (Wildman–Crippen MR) is 142 cm³/mol. The van der Waals surface area contributed by atoms with Gasteiger partial charge in [-0.2, -0.15) is 0 Å². The van der Waals surface area contributed by atoms with E-state index in [1.54, 1.807) is 0 Å². The first-order valence-corrected chi connectivity index (χ1v) is 13.2. The highest BCUT2D eigenvalue weighted by atomic mass is 16.7. The fraction of sp³-hybridized carbons (Fsp3) is 0.444. The van der Waals surface area contributed by atoms with E-state index in [9.17, 15) is 61.3 Å². The summed E-state index contributed by atoms with van der Waals surface area (Å²) in [5.41, 5.74) is -0.258. The minimum Gasteiger partial charge on any atom is -0.507 e. The van der Waals surface area contributed by atoms with Crippen molar-refractivity contribution in [3.63, 3.8) is 0 Å². The summed E-state index contributed by atoms with van der Waals surface area (Å²) in [6.07, 6.45) is -16.8. The van der Waals surface area contributed by atoms with E-state index in [1.807, 2.05) is 0 Å². The molecule has 1 aromatic heterocycles. The standard InChI is InChI=1S/C27H30O17/c28-6-16-19(34)21(36)23(38)26(43-16)41-14-4-9(30)3-13-10(14)5-15(25(40-13)8-1-11(31)18(33)12(32)2-8)42-27-24(39)22(37)20(35)17(7-29)44-27/h1-5,16-17,19-24,26-29,34-39H,6-7H2,(H3-,30,31,32,33)/p+1/t16-,17+,19-,20-,21+,22-,23-,24+,26-,27-/m1/s1. The van der Waals surface area contributed by atoms with Gasteiger partial charge in [0.15, 0.2) is 17.2 Å². The van der Waals surface area contributed by atoms with Crippen LogP contribution < -0.4 is 9.47 Å². The first-order chi connectivity index (χ1) is 20.8. The van der Waals surface area contributed by atoms with Crippen LogP contribution in [0.15, 0.2) is 34.7 Å². The second-order valence-corrected chi connectivity index (χ2v) is 10.3. The van der Waals surface area contributed by atoms with Crippen molar-refractivity contribution < 1.29 is 84.6 Å². The van der Waals surface area contributed by atoms with E-state index in [-0.39, 0.29) is 33.8 Å². The molecule has 44 heavy (non-hydrogen) atoms. The van der Waals surface area contributed by atoms with E-state index in [1.165, 1.54) is 6.07 Å². The zero-order valence-corrected chi connectivity index (χ0v) is 22.5. The van der Waals surface area contributed by atoms with Gasteiger partial charge in [-0.15, -0.1) is 0 Å². The Labute approximate surface area is 246 Å². The molecule has 0 spiro atoms. The molecular formula is C27H31O17+. The number of phenols is 4. The van der Waals surface area contributed by atoms with Crippen LogP contribution >= 0.6 is 0 Å². The van der Waals surface area contributed by atoms with Gasteiger partial charge in [0.1, 0.15) is 65.7 Å². The Morgan fingerprint density at radius 3 is 1.61 bits per heavy atom. The van der Waals surface area contributed by atoms with E-state index < -0.39 is 97.6 Å². The largest absolute Gasteiger partial charge is 0.507 e. The maximum absolute atomic E-state index is 10.6. The first kappa shape index (κ1) is 31.7. The summed E-state index contributed by atoms with van der Waals surface area (Å²) in [5.74, 6) is -3.72. The summed E-state index contributed by atoms with van der Waals surface area (Å²) in [4.78, 5) is 0. The summed E-state index contributed by atoms with van der Waals surface area (Å²) in [5, 5.41) is 121. The molecule has 0 amide bonds. The number of fused-ring (bicyclic) bond motifs is 1. The molecule has 17 heteroatoms. The van der Waals surface area contributed by atoms with Crippen LogP contribution in [-0.2, 0) is 9.47 Å². The number of hydrogen-bond donors (Lipinski definition) is 12. The lowest BCUT2D eigenvalue weighted by molar-refractivity contribution is -0.277. The molecule has 12 N–H and O–H groups in total. The van der Waals surface area contributed by atoms with Crippen molar-refractivity contribution in [2.24, 2.45) is 0 Å². The van der Waals surface area contributed by atoms with Crippen LogP contribution in [0.1, 0.15) is 0 Å². The number of aliphatic hydroxyl groups is 8. The lowest BCUT2D eigenvalue weighted by atomic mass is 9.99. The van der Waals surface area contributed by atoms with Crippen LogP contribution in [0.25, 0.3) is 22.3 Å².